The number of anilines is 4. The molecular weight excluding hydrogens is 374 g/mol. The van der Waals surface area contributed by atoms with Crippen LogP contribution < -0.4 is 21.9 Å². The summed E-state index contributed by atoms with van der Waals surface area (Å²) >= 11 is 0. The van der Waals surface area contributed by atoms with Gasteiger partial charge in [-0.25, -0.2) is 14.8 Å². The summed E-state index contributed by atoms with van der Waals surface area (Å²) in [4.78, 5) is 36.0. The van der Waals surface area contributed by atoms with Crippen molar-refractivity contribution in [3.63, 3.8) is 0 Å². The molecule has 5 N–H and O–H groups in total. The molecule has 0 aliphatic carbocycles. The molecule has 0 spiro atoms. The molecule has 0 unspecified atom stereocenters. The molecule has 0 saturated carbocycles. The molecule has 3 rings (SSSR count). The fourth-order valence-electron chi connectivity index (χ4n) is 2.36. The summed E-state index contributed by atoms with van der Waals surface area (Å²) in [5.74, 6) is -0.305. The van der Waals surface area contributed by atoms with Crippen molar-refractivity contribution in [3.05, 3.63) is 66.2 Å². The van der Waals surface area contributed by atoms with Gasteiger partial charge in [-0.1, -0.05) is 6.07 Å². The zero-order chi connectivity index (χ0) is 20.6. The minimum atomic E-state index is -0.424. The predicted octanol–water partition coefficient (Wildman–Crippen LogP) is 2.13. The third-order valence-corrected chi connectivity index (χ3v) is 3.74. The third-order valence-electron chi connectivity index (χ3n) is 3.74. The standard InChI is InChI=1S/C19H19N7O3/c1-2-29-19(28)12-5-3-7-14(9-12)24-16-15(20)17(23-11-22-16)25-26-18(27)13-6-4-8-21-10-13/h3-11H,2,20H2,1H3,(H,26,27)(H2,22,23,24,25). The van der Waals surface area contributed by atoms with Gasteiger partial charge < -0.3 is 15.8 Å². The molecule has 10 heteroatoms. The molecule has 0 aliphatic rings. The molecule has 148 valence electrons. The van der Waals surface area contributed by atoms with Gasteiger partial charge in [-0.15, -0.1) is 0 Å². The first kappa shape index (κ1) is 19.5. The predicted molar refractivity (Wildman–Crippen MR) is 107 cm³/mol. The Morgan fingerprint density at radius 2 is 1.90 bits per heavy atom. The summed E-state index contributed by atoms with van der Waals surface area (Å²) in [6, 6.07) is 10.0. The second kappa shape index (κ2) is 9.13. The Bertz CT molecular complexity index is 1010. The van der Waals surface area contributed by atoms with Crippen LogP contribution in [0.4, 0.5) is 23.0 Å². The SMILES string of the molecule is CCOC(=O)c1cccc(Nc2ncnc(NNC(=O)c3cccnc3)c2N)c1. The number of carbonyl (C=O) groups excluding carboxylic acids is 2. The third kappa shape index (κ3) is 4.95. The molecule has 3 aromatic rings. The lowest BCUT2D eigenvalue weighted by Crippen LogP contribution is -2.30. The molecule has 1 aromatic carbocycles. The fourth-order valence-corrected chi connectivity index (χ4v) is 2.36. The topological polar surface area (TPSA) is 144 Å². The Morgan fingerprint density at radius 3 is 2.66 bits per heavy atom. The lowest BCUT2D eigenvalue weighted by Gasteiger charge is -2.13. The molecule has 0 fully saturated rings. The maximum absolute atomic E-state index is 12.1. The number of amides is 1. The van der Waals surface area contributed by atoms with Crippen LogP contribution in [-0.4, -0.2) is 33.4 Å². The Morgan fingerprint density at radius 1 is 1.10 bits per heavy atom. The Balaban J connectivity index is 1.71. The summed E-state index contributed by atoms with van der Waals surface area (Å²) in [6.07, 6.45) is 4.29. The molecule has 10 nitrogen and oxygen atoms in total. The van der Waals surface area contributed by atoms with Gasteiger partial charge in [0.25, 0.3) is 5.91 Å². The summed E-state index contributed by atoms with van der Waals surface area (Å²) < 4.78 is 5.00. The van der Waals surface area contributed by atoms with E-state index in [1.807, 2.05) is 0 Å². The maximum Gasteiger partial charge on any atom is 0.338 e. The number of nitrogens with two attached hydrogens (primary N) is 1. The van der Waals surface area contributed by atoms with Gasteiger partial charge in [-0.05, 0) is 37.3 Å². The van der Waals surface area contributed by atoms with Crippen molar-refractivity contribution in [2.75, 3.05) is 23.1 Å². The average molecular weight is 393 g/mol. The number of nitrogens with one attached hydrogen (secondary N) is 3. The van der Waals surface area contributed by atoms with Crippen LogP contribution in [0.2, 0.25) is 0 Å². The van der Waals surface area contributed by atoms with Crippen molar-refractivity contribution >= 4 is 34.9 Å². The van der Waals surface area contributed by atoms with Crippen molar-refractivity contribution in [1.82, 2.24) is 20.4 Å². The molecule has 1 amide bonds. The number of aromatic nitrogens is 3. The van der Waals surface area contributed by atoms with E-state index in [1.54, 1.807) is 49.5 Å². The number of hydrazine groups is 1. The number of benzene rings is 1. The Labute approximate surface area is 166 Å². The molecular formula is C19H19N7O3. The van der Waals surface area contributed by atoms with E-state index in [2.05, 4.69) is 31.1 Å². The highest BCUT2D eigenvalue weighted by Gasteiger charge is 2.12. The molecule has 2 aromatic heterocycles. The van der Waals surface area contributed by atoms with Crippen LogP contribution in [0.5, 0.6) is 0 Å². The van der Waals surface area contributed by atoms with Crippen LogP contribution in [0.1, 0.15) is 27.6 Å². The van der Waals surface area contributed by atoms with Crippen LogP contribution >= 0.6 is 0 Å². The maximum atomic E-state index is 12.1. The van der Waals surface area contributed by atoms with Gasteiger partial charge in [0.2, 0.25) is 0 Å². The smallest absolute Gasteiger partial charge is 0.338 e. The first-order chi connectivity index (χ1) is 14.1. The number of esters is 1. The van der Waals surface area contributed by atoms with Gasteiger partial charge in [0, 0.05) is 18.1 Å². The second-order valence-electron chi connectivity index (χ2n) is 5.73. The lowest BCUT2D eigenvalue weighted by atomic mass is 10.2. The molecule has 0 atom stereocenters. The summed E-state index contributed by atoms with van der Waals surface area (Å²) in [5.41, 5.74) is 12.8. The van der Waals surface area contributed by atoms with E-state index in [0.717, 1.165) is 0 Å². The zero-order valence-corrected chi connectivity index (χ0v) is 15.5. The molecule has 29 heavy (non-hydrogen) atoms. The number of hydrogen-bond acceptors (Lipinski definition) is 9. The van der Waals surface area contributed by atoms with Gasteiger partial charge in [0.1, 0.15) is 12.0 Å². The van der Waals surface area contributed by atoms with E-state index in [-0.39, 0.29) is 18.1 Å². The monoisotopic (exact) mass is 393 g/mol. The second-order valence-corrected chi connectivity index (χ2v) is 5.73. The molecule has 0 saturated heterocycles. The molecule has 0 bridgehead atoms. The zero-order valence-electron chi connectivity index (χ0n) is 15.5. The highest BCUT2D eigenvalue weighted by Crippen LogP contribution is 2.25. The first-order valence-electron chi connectivity index (χ1n) is 8.69. The largest absolute Gasteiger partial charge is 0.462 e. The molecule has 0 aliphatic heterocycles. The van der Waals surface area contributed by atoms with E-state index in [4.69, 9.17) is 10.5 Å². The van der Waals surface area contributed by atoms with Crippen LogP contribution in [0.15, 0.2) is 55.1 Å². The van der Waals surface area contributed by atoms with Crippen LogP contribution in [0.3, 0.4) is 0 Å². The molecule has 0 radical (unpaired) electrons. The quantitative estimate of drug-likeness (QED) is 0.350. The van der Waals surface area contributed by atoms with Crippen molar-refractivity contribution < 1.29 is 14.3 Å². The Kier molecular flexibility index (Phi) is 6.15. The number of rotatable bonds is 7. The van der Waals surface area contributed by atoms with Crippen molar-refractivity contribution in [3.8, 4) is 0 Å². The Hall–Kier alpha value is -4.21. The van der Waals surface area contributed by atoms with Crippen LogP contribution in [-0.2, 0) is 4.74 Å². The van der Waals surface area contributed by atoms with E-state index >= 15 is 0 Å². The fraction of sp³-hybridized carbons (Fsp3) is 0.105. The van der Waals surface area contributed by atoms with Crippen LogP contribution in [0, 0.1) is 0 Å². The average Bonchev–Trinajstić information content (AvgIpc) is 2.75. The minimum absolute atomic E-state index is 0.181. The van der Waals surface area contributed by atoms with Crippen molar-refractivity contribution in [1.29, 1.82) is 0 Å². The normalized spacial score (nSPS) is 10.1. The summed E-state index contributed by atoms with van der Waals surface area (Å²) in [6.45, 7) is 2.03. The van der Waals surface area contributed by atoms with Crippen LogP contribution in [0.25, 0.3) is 0 Å². The van der Waals surface area contributed by atoms with Crippen molar-refractivity contribution in [2.24, 2.45) is 0 Å². The number of nitrogen functional groups attached to an aromatic ring is 1. The highest BCUT2D eigenvalue weighted by atomic mass is 16.5. The number of carbonyl (C=O) groups is 2. The minimum Gasteiger partial charge on any atom is -0.462 e. The van der Waals surface area contributed by atoms with Gasteiger partial charge in [-0.3, -0.25) is 20.6 Å². The van der Waals surface area contributed by atoms with E-state index in [0.29, 0.717) is 22.6 Å². The van der Waals surface area contributed by atoms with Gasteiger partial charge in [0.05, 0.1) is 17.7 Å². The van der Waals surface area contributed by atoms with Crippen molar-refractivity contribution in [2.45, 2.75) is 6.92 Å². The number of nitrogens with zero attached hydrogens (tertiary/aromatic N) is 3. The number of ether oxygens (including phenoxy) is 1. The van der Waals surface area contributed by atoms with E-state index < -0.39 is 11.9 Å². The summed E-state index contributed by atoms with van der Waals surface area (Å²) in [5, 5.41) is 3.02. The number of pyridine rings is 1. The van der Waals surface area contributed by atoms with Gasteiger partial charge in [-0.2, -0.15) is 0 Å². The number of hydrogen-bond donors (Lipinski definition) is 4. The molecule has 2 heterocycles. The van der Waals surface area contributed by atoms with Gasteiger partial charge in [0.15, 0.2) is 11.6 Å². The first-order valence-corrected chi connectivity index (χ1v) is 8.69. The summed E-state index contributed by atoms with van der Waals surface area (Å²) in [7, 11) is 0. The lowest BCUT2D eigenvalue weighted by molar-refractivity contribution is 0.0526. The van der Waals surface area contributed by atoms with Gasteiger partial charge >= 0.3 is 5.97 Å². The van der Waals surface area contributed by atoms with E-state index in [1.165, 1.54) is 12.5 Å². The highest BCUT2D eigenvalue weighted by molar-refractivity contribution is 5.95. The van der Waals surface area contributed by atoms with E-state index in [9.17, 15) is 9.59 Å².